The van der Waals surface area contributed by atoms with Gasteiger partial charge >= 0.3 is 5.97 Å². The zero-order valence-corrected chi connectivity index (χ0v) is 15.5. The normalized spacial score (nSPS) is 10.4. The van der Waals surface area contributed by atoms with Gasteiger partial charge in [0.15, 0.2) is 0 Å². The molecule has 1 N–H and O–H groups in total. The van der Waals surface area contributed by atoms with E-state index in [1.54, 1.807) is 24.3 Å². The number of nitrogens with one attached hydrogen (secondary N) is 1. The number of esters is 1. The summed E-state index contributed by atoms with van der Waals surface area (Å²) in [4.78, 5) is 36.0. The Balaban J connectivity index is 1.76. The fourth-order valence-electron chi connectivity index (χ4n) is 2.55. The maximum Gasteiger partial charge on any atom is 0.337 e. The highest BCUT2D eigenvalue weighted by Crippen LogP contribution is 2.11. The van der Waals surface area contributed by atoms with E-state index >= 15 is 0 Å². The van der Waals surface area contributed by atoms with Crippen LogP contribution in [0.15, 0.2) is 65.5 Å². The predicted octanol–water partition coefficient (Wildman–Crippen LogP) is 2.64. The lowest BCUT2D eigenvalue weighted by Crippen LogP contribution is -2.26. The van der Waals surface area contributed by atoms with E-state index in [9.17, 15) is 14.4 Å². The monoisotopic (exact) mass is 377 g/mol. The Morgan fingerprint density at radius 3 is 2.32 bits per heavy atom. The van der Waals surface area contributed by atoms with Crippen LogP contribution in [-0.2, 0) is 11.3 Å². The molecule has 0 unspecified atom stereocenters. The lowest BCUT2D eigenvalue weighted by molar-refractivity contribution is 0.0600. The van der Waals surface area contributed by atoms with Crippen LogP contribution in [0, 0.1) is 6.92 Å². The van der Waals surface area contributed by atoms with Gasteiger partial charge in [0.1, 0.15) is 5.69 Å². The first-order valence-corrected chi connectivity index (χ1v) is 8.60. The van der Waals surface area contributed by atoms with Gasteiger partial charge in [0, 0.05) is 11.8 Å². The number of amides is 1. The molecule has 0 saturated heterocycles. The third-order valence-electron chi connectivity index (χ3n) is 4.12. The van der Waals surface area contributed by atoms with Crippen molar-refractivity contribution in [2.75, 3.05) is 12.4 Å². The van der Waals surface area contributed by atoms with E-state index < -0.39 is 11.9 Å². The number of rotatable bonds is 5. The summed E-state index contributed by atoms with van der Waals surface area (Å²) >= 11 is 0. The summed E-state index contributed by atoms with van der Waals surface area (Å²) in [6.45, 7) is 2.25. The first kappa shape index (κ1) is 19.0. The lowest BCUT2D eigenvalue weighted by atomic mass is 10.1. The molecule has 0 aliphatic carbocycles. The van der Waals surface area contributed by atoms with Gasteiger partial charge < -0.3 is 10.1 Å². The molecule has 1 amide bonds. The maximum atomic E-state index is 12.5. The van der Waals surface area contributed by atoms with Gasteiger partial charge in [0.05, 0.1) is 19.2 Å². The minimum atomic E-state index is -0.456. The average Bonchev–Trinajstić information content (AvgIpc) is 2.71. The first-order valence-electron chi connectivity index (χ1n) is 8.60. The van der Waals surface area contributed by atoms with Gasteiger partial charge in [0.25, 0.3) is 11.5 Å². The smallest absolute Gasteiger partial charge is 0.337 e. The van der Waals surface area contributed by atoms with Crippen LogP contribution >= 0.6 is 0 Å². The number of aromatic nitrogens is 2. The van der Waals surface area contributed by atoms with Crippen molar-refractivity contribution in [1.29, 1.82) is 0 Å². The summed E-state index contributed by atoms with van der Waals surface area (Å²) in [7, 11) is 1.30. The molecular formula is C21H19N3O4. The van der Waals surface area contributed by atoms with Gasteiger partial charge in [-0.05, 0) is 42.8 Å². The largest absolute Gasteiger partial charge is 0.465 e. The molecule has 0 fully saturated rings. The predicted molar refractivity (Wildman–Crippen MR) is 105 cm³/mol. The van der Waals surface area contributed by atoms with Gasteiger partial charge in [-0.1, -0.05) is 29.8 Å². The van der Waals surface area contributed by atoms with E-state index in [-0.39, 0.29) is 17.8 Å². The highest BCUT2D eigenvalue weighted by atomic mass is 16.5. The fraction of sp³-hybridized carbons (Fsp3) is 0.143. The van der Waals surface area contributed by atoms with Crippen molar-refractivity contribution >= 4 is 17.6 Å². The van der Waals surface area contributed by atoms with E-state index in [2.05, 4.69) is 15.2 Å². The number of aryl methyl sites for hydroxylation is 1. The van der Waals surface area contributed by atoms with Gasteiger partial charge in [-0.3, -0.25) is 9.59 Å². The highest BCUT2D eigenvalue weighted by molar-refractivity contribution is 6.03. The SMILES string of the molecule is COC(=O)c1ccc(NC(=O)c2ccc(=O)n(Cc3ccc(C)cc3)n2)cc1. The van der Waals surface area contributed by atoms with Crippen LogP contribution in [0.3, 0.4) is 0 Å². The molecule has 1 aromatic heterocycles. The van der Waals surface area contributed by atoms with E-state index in [1.807, 2.05) is 31.2 Å². The topological polar surface area (TPSA) is 90.3 Å². The Kier molecular flexibility index (Phi) is 5.64. The molecule has 3 rings (SSSR count). The molecule has 7 nitrogen and oxygen atoms in total. The molecule has 0 radical (unpaired) electrons. The third kappa shape index (κ3) is 4.50. The van der Waals surface area contributed by atoms with Crippen molar-refractivity contribution in [3.63, 3.8) is 0 Å². The van der Waals surface area contributed by atoms with Crippen LogP contribution in [-0.4, -0.2) is 28.8 Å². The van der Waals surface area contributed by atoms with Crippen molar-refractivity contribution in [3.05, 3.63) is 93.4 Å². The molecule has 2 aromatic carbocycles. The molecule has 0 aliphatic rings. The molecule has 0 aliphatic heterocycles. The van der Waals surface area contributed by atoms with Crippen LogP contribution in [0.4, 0.5) is 5.69 Å². The van der Waals surface area contributed by atoms with Crippen LogP contribution in [0.2, 0.25) is 0 Å². The Morgan fingerprint density at radius 1 is 1.00 bits per heavy atom. The Labute approximate surface area is 161 Å². The van der Waals surface area contributed by atoms with Crippen molar-refractivity contribution < 1.29 is 14.3 Å². The van der Waals surface area contributed by atoms with Crippen LogP contribution in [0.5, 0.6) is 0 Å². The summed E-state index contributed by atoms with van der Waals surface area (Å²) in [5.41, 5.74) is 2.73. The molecule has 0 saturated carbocycles. The molecule has 0 bridgehead atoms. The number of benzene rings is 2. The molecule has 7 heteroatoms. The summed E-state index contributed by atoms with van der Waals surface area (Å²) < 4.78 is 5.89. The highest BCUT2D eigenvalue weighted by Gasteiger charge is 2.11. The molecule has 3 aromatic rings. The summed E-state index contributed by atoms with van der Waals surface area (Å²) in [5, 5.41) is 6.85. The van der Waals surface area contributed by atoms with Crippen LogP contribution in [0.1, 0.15) is 32.0 Å². The third-order valence-corrected chi connectivity index (χ3v) is 4.12. The molecular weight excluding hydrogens is 358 g/mol. The number of carbonyl (C=O) groups is 2. The number of nitrogens with zero attached hydrogens (tertiary/aromatic N) is 2. The van der Waals surface area contributed by atoms with Crippen molar-refractivity contribution in [3.8, 4) is 0 Å². The standard InChI is InChI=1S/C21H19N3O4/c1-14-3-5-15(6-4-14)13-24-19(25)12-11-18(23-24)20(26)22-17-9-7-16(8-10-17)21(27)28-2/h3-12H,13H2,1-2H3,(H,22,26). The maximum absolute atomic E-state index is 12.5. The molecule has 142 valence electrons. The average molecular weight is 377 g/mol. The summed E-state index contributed by atoms with van der Waals surface area (Å²) in [6, 6.07) is 16.7. The minimum absolute atomic E-state index is 0.115. The zero-order chi connectivity index (χ0) is 20.1. The Hall–Kier alpha value is -3.74. The minimum Gasteiger partial charge on any atom is -0.465 e. The van der Waals surface area contributed by atoms with Crippen LogP contribution < -0.4 is 10.9 Å². The second kappa shape index (κ2) is 8.30. The van der Waals surface area contributed by atoms with Gasteiger partial charge in [-0.2, -0.15) is 5.10 Å². The van der Waals surface area contributed by atoms with E-state index in [0.29, 0.717) is 11.3 Å². The molecule has 1 heterocycles. The zero-order valence-electron chi connectivity index (χ0n) is 15.5. The van der Waals surface area contributed by atoms with E-state index in [0.717, 1.165) is 11.1 Å². The number of methoxy groups -OCH3 is 1. The number of hydrogen-bond acceptors (Lipinski definition) is 5. The quantitative estimate of drug-likeness (QED) is 0.691. The van der Waals surface area contributed by atoms with Crippen molar-refractivity contribution in [2.45, 2.75) is 13.5 Å². The van der Waals surface area contributed by atoms with Crippen LogP contribution in [0.25, 0.3) is 0 Å². The van der Waals surface area contributed by atoms with Crippen molar-refractivity contribution in [2.24, 2.45) is 0 Å². The van der Waals surface area contributed by atoms with Gasteiger partial charge in [0.2, 0.25) is 0 Å². The van der Waals surface area contributed by atoms with Gasteiger partial charge in [-0.25, -0.2) is 9.48 Å². The fourth-order valence-corrected chi connectivity index (χ4v) is 2.55. The first-order chi connectivity index (χ1) is 13.5. The van der Waals surface area contributed by atoms with E-state index in [4.69, 9.17) is 0 Å². The van der Waals surface area contributed by atoms with Crippen molar-refractivity contribution in [1.82, 2.24) is 9.78 Å². The second-order valence-electron chi connectivity index (χ2n) is 6.22. The number of ether oxygens (including phenoxy) is 1. The Morgan fingerprint density at radius 2 is 1.68 bits per heavy atom. The number of carbonyl (C=O) groups excluding carboxylic acids is 2. The molecule has 28 heavy (non-hydrogen) atoms. The number of hydrogen-bond donors (Lipinski definition) is 1. The molecule has 0 spiro atoms. The Bertz CT molecular complexity index is 1050. The summed E-state index contributed by atoms with van der Waals surface area (Å²) in [5.74, 6) is -0.911. The number of anilines is 1. The lowest BCUT2D eigenvalue weighted by Gasteiger charge is -2.09. The molecule has 0 atom stereocenters. The summed E-state index contributed by atoms with van der Waals surface area (Å²) in [6.07, 6.45) is 0. The second-order valence-corrected chi connectivity index (χ2v) is 6.22. The van der Waals surface area contributed by atoms with E-state index in [1.165, 1.54) is 23.9 Å². The van der Waals surface area contributed by atoms with Gasteiger partial charge in [-0.15, -0.1) is 0 Å².